The van der Waals surface area contributed by atoms with Crippen molar-refractivity contribution in [2.24, 2.45) is 0 Å². The Balaban J connectivity index is 1.28. The molecule has 2 aliphatic heterocycles. The molecule has 0 unspecified atom stereocenters. The number of nitrogens with zero attached hydrogens (tertiary/aromatic N) is 4. The van der Waals surface area contributed by atoms with E-state index in [4.69, 9.17) is 24.7 Å². The highest BCUT2D eigenvalue weighted by atomic mass is 16.8. The molecular weight excluding hydrogens is 410 g/mol. The maximum absolute atomic E-state index is 6.40. The van der Waals surface area contributed by atoms with Crippen molar-refractivity contribution in [3.05, 3.63) is 55.1 Å². The van der Waals surface area contributed by atoms with Gasteiger partial charge in [-0.3, -0.25) is 4.98 Å². The minimum Gasteiger partial charge on any atom is -0.491 e. The zero-order chi connectivity index (χ0) is 21.9. The predicted molar refractivity (Wildman–Crippen MR) is 117 cm³/mol. The van der Waals surface area contributed by atoms with Crippen LogP contribution in [0.15, 0.2) is 55.1 Å². The van der Waals surface area contributed by atoms with Crippen molar-refractivity contribution in [2.45, 2.75) is 44.2 Å². The summed E-state index contributed by atoms with van der Waals surface area (Å²) in [6.45, 7) is 4.13. The monoisotopic (exact) mass is 433 g/mol. The predicted octanol–water partition coefficient (Wildman–Crippen LogP) is 3.06. The van der Waals surface area contributed by atoms with Crippen molar-refractivity contribution in [1.29, 1.82) is 0 Å². The van der Waals surface area contributed by atoms with Crippen molar-refractivity contribution in [3.63, 3.8) is 0 Å². The molecule has 164 valence electrons. The number of rotatable bonds is 4. The number of pyridine rings is 1. The van der Waals surface area contributed by atoms with Gasteiger partial charge in [-0.15, -0.1) is 0 Å². The zero-order valence-electron chi connectivity index (χ0n) is 17.7. The molecule has 1 aromatic carbocycles. The number of hydrogen-bond acceptors (Lipinski definition) is 8. The first kappa shape index (κ1) is 19.4. The maximum Gasteiger partial charge on any atom is 0.164 e. The van der Waals surface area contributed by atoms with Gasteiger partial charge in [-0.2, -0.15) is 0 Å². The number of fused-ring (bicyclic) bond motifs is 3. The van der Waals surface area contributed by atoms with Gasteiger partial charge in [-0.05, 0) is 44.2 Å². The lowest BCUT2D eigenvalue weighted by Gasteiger charge is -2.25. The molecule has 2 N–H and O–H groups in total. The lowest BCUT2D eigenvalue weighted by atomic mass is 10.1. The topological polar surface area (TPSA) is 107 Å². The van der Waals surface area contributed by atoms with Gasteiger partial charge in [-0.25, -0.2) is 9.97 Å². The summed E-state index contributed by atoms with van der Waals surface area (Å²) in [6.07, 6.45) is 3.77. The first-order valence-electron chi connectivity index (χ1n) is 10.5. The molecule has 0 spiro atoms. The van der Waals surface area contributed by atoms with E-state index in [1.165, 1.54) is 6.33 Å². The Kier molecular flexibility index (Phi) is 4.32. The number of anilines is 1. The molecular formula is C23H23N5O4. The van der Waals surface area contributed by atoms with E-state index in [2.05, 4.69) is 15.0 Å². The molecule has 2 fully saturated rings. The Morgan fingerprint density at radius 2 is 1.97 bits per heavy atom. The minimum absolute atomic E-state index is 0.284. The van der Waals surface area contributed by atoms with Crippen LogP contribution in [0.25, 0.3) is 21.9 Å². The van der Waals surface area contributed by atoms with Gasteiger partial charge in [0.1, 0.15) is 48.5 Å². The maximum atomic E-state index is 6.40. The van der Waals surface area contributed by atoms with E-state index in [-0.39, 0.29) is 18.3 Å². The molecule has 4 atom stereocenters. The SMILES string of the molecule is CC1(C)O[C@@H]2[C@H](O1)[C@@H](COc1ccc3ncccc3c1)O[C@H]2n1ccc2c(N)ncnc21. The fraction of sp³-hybridized carbons (Fsp3) is 0.348. The van der Waals surface area contributed by atoms with Gasteiger partial charge in [-0.1, -0.05) is 6.07 Å². The third kappa shape index (κ3) is 3.17. The second kappa shape index (κ2) is 7.13. The summed E-state index contributed by atoms with van der Waals surface area (Å²) in [5, 5.41) is 1.79. The average molecular weight is 433 g/mol. The molecule has 0 saturated carbocycles. The zero-order valence-corrected chi connectivity index (χ0v) is 17.7. The fourth-order valence-corrected chi connectivity index (χ4v) is 4.53. The summed E-state index contributed by atoms with van der Waals surface area (Å²) in [4.78, 5) is 12.8. The average Bonchev–Trinajstić information content (AvgIpc) is 3.44. The molecule has 32 heavy (non-hydrogen) atoms. The van der Waals surface area contributed by atoms with Crippen molar-refractivity contribution in [1.82, 2.24) is 19.5 Å². The van der Waals surface area contributed by atoms with E-state index < -0.39 is 12.0 Å². The van der Waals surface area contributed by atoms with Gasteiger partial charge < -0.3 is 29.2 Å². The Bertz CT molecular complexity index is 1310. The molecule has 6 rings (SSSR count). The summed E-state index contributed by atoms with van der Waals surface area (Å²) in [5.41, 5.74) is 7.63. The van der Waals surface area contributed by atoms with Crippen LogP contribution in [-0.2, 0) is 14.2 Å². The van der Waals surface area contributed by atoms with Crippen molar-refractivity contribution >= 4 is 27.8 Å². The first-order chi connectivity index (χ1) is 15.5. The molecule has 0 radical (unpaired) electrons. The second-order valence-electron chi connectivity index (χ2n) is 8.52. The number of nitrogen functional groups attached to an aromatic ring is 1. The standard InChI is InChI=1S/C23H23N5O4/c1-23(2)31-18-17(11-29-14-5-6-16-13(10-14)4-3-8-25-16)30-22(19(18)32-23)28-9-7-15-20(24)26-12-27-21(15)28/h3-10,12,17-19,22H,11H2,1-2H3,(H2,24,26,27)/t17-,18-,19-,22-/m1/s1. The van der Waals surface area contributed by atoms with E-state index >= 15 is 0 Å². The van der Waals surface area contributed by atoms with Crippen molar-refractivity contribution in [3.8, 4) is 5.75 Å². The highest BCUT2D eigenvalue weighted by Gasteiger charge is 2.56. The molecule has 9 nitrogen and oxygen atoms in total. The summed E-state index contributed by atoms with van der Waals surface area (Å²) in [7, 11) is 0. The Morgan fingerprint density at radius 3 is 2.88 bits per heavy atom. The number of nitrogens with two attached hydrogens (primary N) is 1. The van der Waals surface area contributed by atoms with Crippen LogP contribution in [0.3, 0.4) is 0 Å². The van der Waals surface area contributed by atoms with Gasteiger partial charge in [0.25, 0.3) is 0 Å². The molecule has 0 amide bonds. The summed E-state index contributed by atoms with van der Waals surface area (Å²) >= 11 is 0. The Hall–Kier alpha value is -3.27. The number of hydrogen-bond donors (Lipinski definition) is 1. The van der Waals surface area contributed by atoms with Crippen molar-refractivity contribution < 1.29 is 18.9 Å². The third-order valence-corrected chi connectivity index (χ3v) is 5.93. The van der Waals surface area contributed by atoms with E-state index in [0.29, 0.717) is 18.1 Å². The summed E-state index contributed by atoms with van der Waals surface area (Å²) in [6, 6.07) is 11.6. The quantitative estimate of drug-likeness (QED) is 0.523. The Morgan fingerprint density at radius 1 is 1.09 bits per heavy atom. The van der Waals surface area contributed by atoms with E-state index in [0.717, 1.165) is 22.0 Å². The molecule has 4 aromatic rings. The van der Waals surface area contributed by atoms with E-state index in [1.807, 2.05) is 61.0 Å². The largest absolute Gasteiger partial charge is 0.491 e. The van der Waals surface area contributed by atoms with E-state index in [9.17, 15) is 0 Å². The van der Waals surface area contributed by atoms with Crippen LogP contribution in [0.1, 0.15) is 20.1 Å². The molecule has 0 bridgehead atoms. The van der Waals surface area contributed by atoms with Gasteiger partial charge in [0.2, 0.25) is 0 Å². The molecule has 9 heteroatoms. The van der Waals surface area contributed by atoms with Crippen LogP contribution in [0.4, 0.5) is 5.82 Å². The van der Waals surface area contributed by atoms with E-state index in [1.54, 1.807) is 6.20 Å². The van der Waals surface area contributed by atoms with Crippen molar-refractivity contribution in [2.75, 3.05) is 12.3 Å². The van der Waals surface area contributed by atoms with Crippen LogP contribution in [0.5, 0.6) is 5.75 Å². The third-order valence-electron chi connectivity index (χ3n) is 5.93. The normalized spacial score (nSPS) is 26.6. The molecule has 0 aliphatic carbocycles. The smallest absolute Gasteiger partial charge is 0.164 e. The molecule has 5 heterocycles. The van der Waals surface area contributed by atoms with Crippen LogP contribution in [0, 0.1) is 0 Å². The molecule has 2 aliphatic rings. The van der Waals surface area contributed by atoms with Gasteiger partial charge in [0.15, 0.2) is 12.0 Å². The first-order valence-corrected chi connectivity index (χ1v) is 10.5. The number of ether oxygens (including phenoxy) is 4. The van der Waals surface area contributed by atoms with Crippen LogP contribution in [0.2, 0.25) is 0 Å². The second-order valence-corrected chi connectivity index (χ2v) is 8.52. The van der Waals surface area contributed by atoms with Gasteiger partial charge in [0.05, 0.1) is 10.9 Å². The highest BCUT2D eigenvalue weighted by Crippen LogP contribution is 2.44. The number of aromatic nitrogens is 4. The number of benzene rings is 1. The van der Waals surface area contributed by atoms with Gasteiger partial charge >= 0.3 is 0 Å². The van der Waals surface area contributed by atoms with Gasteiger partial charge in [0, 0.05) is 17.8 Å². The van der Waals surface area contributed by atoms with Crippen LogP contribution >= 0.6 is 0 Å². The minimum atomic E-state index is -0.721. The van der Waals surface area contributed by atoms with Crippen LogP contribution in [-0.4, -0.2) is 50.2 Å². The fourth-order valence-electron chi connectivity index (χ4n) is 4.53. The lowest BCUT2D eigenvalue weighted by molar-refractivity contribution is -0.198. The lowest BCUT2D eigenvalue weighted by Crippen LogP contribution is -2.33. The Labute approximate surface area is 184 Å². The molecule has 3 aromatic heterocycles. The summed E-state index contributed by atoms with van der Waals surface area (Å²) in [5.74, 6) is 0.457. The summed E-state index contributed by atoms with van der Waals surface area (Å²) < 4.78 is 26.9. The van der Waals surface area contributed by atoms with Crippen LogP contribution < -0.4 is 10.5 Å². The highest BCUT2D eigenvalue weighted by molar-refractivity contribution is 5.86. The molecule has 2 saturated heterocycles.